The van der Waals surface area contributed by atoms with Crippen LogP contribution >= 0.6 is 0 Å². The molecule has 1 aromatic carbocycles. The monoisotopic (exact) mass is 315 g/mol. The van der Waals surface area contributed by atoms with Gasteiger partial charge in [-0.05, 0) is 69.4 Å². The number of likely N-dealkylation sites (tertiary alicyclic amines) is 1. The average Bonchev–Trinajstić information content (AvgIpc) is 3.10. The summed E-state index contributed by atoms with van der Waals surface area (Å²) in [4.78, 5) is 16.9. The Morgan fingerprint density at radius 3 is 2.39 bits per heavy atom. The maximum Gasteiger partial charge on any atom is 0.220 e. The van der Waals surface area contributed by atoms with E-state index in [0.717, 1.165) is 25.9 Å². The number of nitrogens with one attached hydrogen (secondary N) is 1. The molecule has 2 saturated heterocycles. The lowest BCUT2D eigenvalue weighted by atomic mass is 9.93. The van der Waals surface area contributed by atoms with E-state index in [1.54, 1.807) is 0 Å². The molecule has 0 spiro atoms. The zero-order valence-electron chi connectivity index (χ0n) is 14.3. The standard InChI is InChI=1S/C19H29N3O/c1-21-12-8-16(9-13-21)14-19(23)20-15-17-4-6-18(7-5-17)22-10-2-3-11-22/h4-7,16H,2-3,8-15H2,1H3,(H,20,23). The van der Waals surface area contributed by atoms with Crippen molar-refractivity contribution in [3.8, 4) is 0 Å². The smallest absolute Gasteiger partial charge is 0.220 e. The van der Waals surface area contributed by atoms with E-state index in [1.165, 1.54) is 37.2 Å². The molecule has 2 aliphatic heterocycles. The molecule has 1 aromatic rings. The van der Waals surface area contributed by atoms with Crippen LogP contribution in [0.5, 0.6) is 0 Å². The number of benzene rings is 1. The highest BCUT2D eigenvalue weighted by Crippen LogP contribution is 2.21. The molecule has 0 unspecified atom stereocenters. The Labute approximate surface area is 139 Å². The number of carbonyl (C=O) groups is 1. The van der Waals surface area contributed by atoms with Crippen molar-refractivity contribution in [1.29, 1.82) is 0 Å². The largest absolute Gasteiger partial charge is 0.372 e. The first-order valence-electron chi connectivity index (χ1n) is 9.00. The summed E-state index contributed by atoms with van der Waals surface area (Å²) in [5.74, 6) is 0.756. The summed E-state index contributed by atoms with van der Waals surface area (Å²) in [7, 11) is 2.15. The predicted octanol–water partition coefficient (Wildman–Crippen LogP) is 2.63. The average molecular weight is 315 g/mol. The molecule has 0 bridgehead atoms. The Balaban J connectivity index is 1.41. The molecule has 0 radical (unpaired) electrons. The molecule has 1 N–H and O–H groups in total. The molecule has 1 amide bonds. The Morgan fingerprint density at radius 1 is 1.09 bits per heavy atom. The number of anilines is 1. The summed E-state index contributed by atoms with van der Waals surface area (Å²) in [6.45, 7) is 5.23. The molecule has 126 valence electrons. The fraction of sp³-hybridized carbons (Fsp3) is 0.632. The lowest BCUT2D eigenvalue weighted by molar-refractivity contribution is -0.122. The van der Waals surface area contributed by atoms with Crippen molar-refractivity contribution in [2.45, 2.75) is 38.6 Å². The molecule has 0 saturated carbocycles. The van der Waals surface area contributed by atoms with Crippen molar-refractivity contribution in [1.82, 2.24) is 10.2 Å². The molecule has 2 aliphatic rings. The van der Waals surface area contributed by atoms with Crippen molar-refractivity contribution in [3.63, 3.8) is 0 Å². The minimum Gasteiger partial charge on any atom is -0.372 e. The van der Waals surface area contributed by atoms with Crippen LogP contribution in [0.2, 0.25) is 0 Å². The molecule has 0 aromatic heterocycles. The van der Waals surface area contributed by atoms with Gasteiger partial charge < -0.3 is 15.1 Å². The fourth-order valence-electron chi connectivity index (χ4n) is 3.60. The highest BCUT2D eigenvalue weighted by Gasteiger charge is 2.19. The normalized spacial score (nSPS) is 20.0. The maximum atomic E-state index is 12.1. The van der Waals surface area contributed by atoms with Crippen LogP contribution in [0, 0.1) is 5.92 Å². The maximum absolute atomic E-state index is 12.1. The number of nitrogens with zero attached hydrogens (tertiary/aromatic N) is 2. The number of rotatable bonds is 5. The third-order valence-corrected chi connectivity index (χ3v) is 5.21. The summed E-state index contributed by atoms with van der Waals surface area (Å²) in [5.41, 5.74) is 2.49. The van der Waals surface area contributed by atoms with Crippen LogP contribution in [0.15, 0.2) is 24.3 Å². The second kappa shape index (κ2) is 7.82. The van der Waals surface area contributed by atoms with Gasteiger partial charge in [-0.1, -0.05) is 12.1 Å². The van der Waals surface area contributed by atoms with E-state index in [2.05, 4.69) is 46.4 Å². The van der Waals surface area contributed by atoms with Crippen LogP contribution in [-0.4, -0.2) is 44.0 Å². The summed E-state index contributed by atoms with van der Waals surface area (Å²) in [6.07, 6.45) is 5.58. The van der Waals surface area contributed by atoms with Crippen molar-refractivity contribution in [3.05, 3.63) is 29.8 Å². The first-order chi connectivity index (χ1) is 11.2. The second-order valence-corrected chi connectivity index (χ2v) is 7.09. The third kappa shape index (κ3) is 4.71. The van der Waals surface area contributed by atoms with Gasteiger partial charge in [0, 0.05) is 31.7 Å². The lowest BCUT2D eigenvalue weighted by Gasteiger charge is -2.28. The van der Waals surface area contributed by atoms with E-state index < -0.39 is 0 Å². The van der Waals surface area contributed by atoms with E-state index in [-0.39, 0.29) is 5.91 Å². The molecule has 4 nitrogen and oxygen atoms in total. The molecule has 0 atom stereocenters. The van der Waals surface area contributed by atoms with E-state index in [0.29, 0.717) is 18.9 Å². The van der Waals surface area contributed by atoms with Gasteiger partial charge in [-0.3, -0.25) is 4.79 Å². The second-order valence-electron chi connectivity index (χ2n) is 7.09. The van der Waals surface area contributed by atoms with Crippen molar-refractivity contribution < 1.29 is 4.79 Å². The summed E-state index contributed by atoms with van der Waals surface area (Å²) in [6, 6.07) is 8.65. The molecule has 0 aliphatic carbocycles. The van der Waals surface area contributed by atoms with Crippen LogP contribution < -0.4 is 10.2 Å². The minimum absolute atomic E-state index is 0.197. The number of amides is 1. The number of piperidine rings is 1. The van der Waals surface area contributed by atoms with Gasteiger partial charge in [0.2, 0.25) is 5.91 Å². The molecular formula is C19H29N3O. The highest BCUT2D eigenvalue weighted by molar-refractivity contribution is 5.76. The summed E-state index contributed by atoms with van der Waals surface area (Å²) >= 11 is 0. The molecule has 3 rings (SSSR count). The van der Waals surface area contributed by atoms with Crippen LogP contribution in [0.1, 0.15) is 37.7 Å². The predicted molar refractivity (Wildman–Crippen MR) is 94.6 cm³/mol. The van der Waals surface area contributed by atoms with Crippen LogP contribution in [0.25, 0.3) is 0 Å². The Kier molecular flexibility index (Phi) is 5.55. The van der Waals surface area contributed by atoms with Gasteiger partial charge in [0.25, 0.3) is 0 Å². The van der Waals surface area contributed by atoms with E-state index >= 15 is 0 Å². The van der Waals surface area contributed by atoms with Gasteiger partial charge in [0.1, 0.15) is 0 Å². The first kappa shape index (κ1) is 16.3. The highest BCUT2D eigenvalue weighted by atomic mass is 16.1. The quantitative estimate of drug-likeness (QED) is 0.907. The molecule has 2 heterocycles. The molecule has 4 heteroatoms. The van der Waals surface area contributed by atoms with Crippen molar-refractivity contribution in [2.24, 2.45) is 5.92 Å². The van der Waals surface area contributed by atoms with Crippen LogP contribution in [0.3, 0.4) is 0 Å². The zero-order chi connectivity index (χ0) is 16.1. The van der Waals surface area contributed by atoms with Gasteiger partial charge in [-0.25, -0.2) is 0 Å². The van der Waals surface area contributed by atoms with Crippen molar-refractivity contribution >= 4 is 11.6 Å². The Morgan fingerprint density at radius 2 is 1.74 bits per heavy atom. The summed E-state index contributed by atoms with van der Waals surface area (Å²) < 4.78 is 0. The van der Waals surface area contributed by atoms with E-state index in [1.807, 2.05) is 0 Å². The van der Waals surface area contributed by atoms with E-state index in [4.69, 9.17) is 0 Å². The van der Waals surface area contributed by atoms with E-state index in [9.17, 15) is 4.79 Å². The number of hydrogen-bond acceptors (Lipinski definition) is 3. The molecule has 23 heavy (non-hydrogen) atoms. The van der Waals surface area contributed by atoms with Crippen molar-refractivity contribution in [2.75, 3.05) is 38.1 Å². The van der Waals surface area contributed by atoms with Gasteiger partial charge in [-0.15, -0.1) is 0 Å². The lowest BCUT2D eigenvalue weighted by Crippen LogP contribution is -2.33. The number of hydrogen-bond donors (Lipinski definition) is 1. The van der Waals surface area contributed by atoms with Gasteiger partial charge in [0.05, 0.1) is 0 Å². The number of carbonyl (C=O) groups excluding carboxylic acids is 1. The molecule has 2 fully saturated rings. The summed E-state index contributed by atoms with van der Waals surface area (Å²) in [5, 5.41) is 3.08. The first-order valence-corrected chi connectivity index (χ1v) is 9.00. The third-order valence-electron chi connectivity index (χ3n) is 5.21. The van der Waals surface area contributed by atoms with Gasteiger partial charge >= 0.3 is 0 Å². The SMILES string of the molecule is CN1CCC(CC(=O)NCc2ccc(N3CCCC3)cc2)CC1. The van der Waals surface area contributed by atoms with Crippen LogP contribution in [0.4, 0.5) is 5.69 Å². The van der Waals surface area contributed by atoms with Crippen LogP contribution in [-0.2, 0) is 11.3 Å². The fourth-order valence-corrected chi connectivity index (χ4v) is 3.60. The molecular weight excluding hydrogens is 286 g/mol. The minimum atomic E-state index is 0.197. The Bertz CT molecular complexity index is 500. The topological polar surface area (TPSA) is 35.6 Å². The zero-order valence-corrected chi connectivity index (χ0v) is 14.3. The Hall–Kier alpha value is -1.55. The van der Waals surface area contributed by atoms with Gasteiger partial charge in [-0.2, -0.15) is 0 Å². The van der Waals surface area contributed by atoms with Gasteiger partial charge in [0.15, 0.2) is 0 Å².